The smallest absolute Gasteiger partial charge is 0.261 e. The van der Waals surface area contributed by atoms with Crippen LogP contribution in [0.2, 0.25) is 0 Å². The molecular formula is C18H20N2O4S. The number of sulfonamides is 1. The lowest BCUT2D eigenvalue weighted by Crippen LogP contribution is -2.37. The number of aryl methyl sites for hydroxylation is 1. The third-order valence-corrected chi connectivity index (χ3v) is 5.47. The molecule has 1 N–H and O–H groups in total. The fraction of sp³-hybridized carbons (Fsp3) is 0.278. The van der Waals surface area contributed by atoms with Crippen LogP contribution < -0.4 is 9.62 Å². The molecule has 0 saturated heterocycles. The van der Waals surface area contributed by atoms with Crippen LogP contribution in [0.4, 0.5) is 11.4 Å². The summed E-state index contributed by atoms with van der Waals surface area (Å²) >= 11 is 0. The molecule has 0 saturated carbocycles. The van der Waals surface area contributed by atoms with E-state index in [2.05, 4.69) is 4.72 Å². The van der Waals surface area contributed by atoms with E-state index in [9.17, 15) is 13.2 Å². The van der Waals surface area contributed by atoms with E-state index in [0.29, 0.717) is 12.2 Å². The van der Waals surface area contributed by atoms with E-state index in [1.807, 2.05) is 0 Å². The second-order valence-corrected chi connectivity index (χ2v) is 7.53. The summed E-state index contributed by atoms with van der Waals surface area (Å²) in [5.74, 6) is -0.0962. The van der Waals surface area contributed by atoms with Gasteiger partial charge in [0.25, 0.3) is 15.9 Å². The summed E-state index contributed by atoms with van der Waals surface area (Å²) in [6.45, 7) is 0.673. The molecule has 0 aliphatic carbocycles. The number of anilines is 2. The van der Waals surface area contributed by atoms with Gasteiger partial charge in [-0.15, -0.1) is 0 Å². The number of ether oxygens (including phenoxy) is 1. The molecule has 1 heterocycles. The first-order chi connectivity index (χ1) is 12.0. The Kier molecular flexibility index (Phi) is 5.06. The Labute approximate surface area is 147 Å². The van der Waals surface area contributed by atoms with E-state index in [0.717, 1.165) is 24.1 Å². The third-order valence-electron chi connectivity index (χ3n) is 4.07. The molecule has 0 radical (unpaired) electrons. The molecule has 25 heavy (non-hydrogen) atoms. The second-order valence-electron chi connectivity index (χ2n) is 5.84. The van der Waals surface area contributed by atoms with Crippen molar-refractivity contribution in [2.24, 2.45) is 0 Å². The van der Waals surface area contributed by atoms with Crippen molar-refractivity contribution in [2.75, 3.05) is 29.9 Å². The molecule has 0 bridgehead atoms. The topological polar surface area (TPSA) is 75.7 Å². The molecular weight excluding hydrogens is 340 g/mol. The van der Waals surface area contributed by atoms with Gasteiger partial charge in [0.2, 0.25) is 0 Å². The third kappa shape index (κ3) is 3.83. The maximum atomic E-state index is 12.4. The van der Waals surface area contributed by atoms with Crippen molar-refractivity contribution in [3.63, 3.8) is 0 Å². The number of benzene rings is 2. The minimum Gasteiger partial charge on any atom is -0.375 e. The Hall–Kier alpha value is -2.38. The Morgan fingerprint density at radius 3 is 2.68 bits per heavy atom. The van der Waals surface area contributed by atoms with E-state index in [1.165, 1.54) is 7.11 Å². The number of hydrogen-bond donors (Lipinski definition) is 1. The summed E-state index contributed by atoms with van der Waals surface area (Å²) in [5.41, 5.74) is 2.25. The molecule has 7 heteroatoms. The zero-order chi connectivity index (χ0) is 17.9. The molecule has 0 aromatic heterocycles. The Morgan fingerprint density at radius 2 is 1.96 bits per heavy atom. The van der Waals surface area contributed by atoms with E-state index < -0.39 is 10.0 Å². The fourth-order valence-electron chi connectivity index (χ4n) is 2.93. The highest BCUT2D eigenvalue weighted by Crippen LogP contribution is 2.30. The van der Waals surface area contributed by atoms with E-state index in [4.69, 9.17) is 4.74 Å². The van der Waals surface area contributed by atoms with Crippen LogP contribution in [-0.4, -0.2) is 34.6 Å². The van der Waals surface area contributed by atoms with Crippen LogP contribution in [0.3, 0.4) is 0 Å². The van der Waals surface area contributed by atoms with Crippen molar-refractivity contribution >= 4 is 27.3 Å². The molecule has 1 aliphatic heterocycles. The average Bonchev–Trinajstić information content (AvgIpc) is 2.61. The number of carbonyl (C=O) groups is 1. The largest absolute Gasteiger partial charge is 0.375 e. The summed E-state index contributed by atoms with van der Waals surface area (Å²) in [4.78, 5) is 14.1. The van der Waals surface area contributed by atoms with E-state index >= 15 is 0 Å². The minimum atomic E-state index is -3.63. The highest BCUT2D eigenvalue weighted by atomic mass is 32.2. The number of nitrogens with zero attached hydrogens (tertiary/aromatic N) is 1. The van der Waals surface area contributed by atoms with Crippen LogP contribution in [0.1, 0.15) is 12.0 Å². The number of nitrogens with one attached hydrogen (secondary N) is 1. The zero-order valence-corrected chi connectivity index (χ0v) is 14.8. The molecule has 1 amide bonds. The first-order valence-electron chi connectivity index (χ1n) is 8.01. The number of rotatable bonds is 5. The number of carbonyl (C=O) groups excluding carboxylic acids is 1. The molecule has 0 atom stereocenters. The van der Waals surface area contributed by atoms with Crippen LogP contribution in [0.15, 0.2) is 53.4 Å². The molecule has 6 nitrogen and oxygen atoms in total. The van der Waals surface area contributed by atoms with Crippen LogP contribution in [0.25, 0.3) is 0 Å². The lowest BCUT2D eigenvalue weighted by Gasteiger charge is -2.29. The lowest BCUT2D eigenvalue weighted by molar-refractivity contribution is -0.122. The molecule has 1 aliphatic rings. The van der Waals surface area contributed by atoms with Crippen LogP contribution in [-0.2, 0) is 26.0 Å². The maximum Gasteiger partial charge on any atom is 0.261 e. The number of hydrogen-bond acceptors (Lipinski definition) is 4. The molecule has 0 spiro atoms. The van der Waals surface area contributed by atoms with Gasteiger partial charge < -0.3 is 9.64 Å². The minimum absolute atomic E-state index is 0.0296. The van der Waals surface area contributed by atoms with Gasteiger partial charge in [0, 0.05) is 25.0 Å². The zero-order valence-electron chi connectivity index (χ0n) is 13.9. The number of amides is 1. The van der Waals surface area contributed by atoms with Crippen molar-refractivity contribution in [1.82, 2.24) is 0 Å². The second kappa shape index (κ2) is 7.25. The van der Waals surface area contributed by atoms with Gasteiger partial charge in [-0.05, 0) is 48.7 Å². The van der Waals surface area contributed by atoms with Gasteiger partial charge in [0.1, 0.15) is 6.61 Å². The standard InChI is InChI=1S/C18H20N2O4S/c1-24-13-18(21)20-11-5-6-14-12-15(9-10-17(14)20)19-25(22,23)16-7-3-2-4-8-16/h2-4,7-10,12,19H,5-6,11,13H2,1H3. The first kappa shape index (κ1) is 17.4. The quantitative estimate of drug-likeness (QED) is 0.888. The monoisotopic (exact) mass is 360 g/mol. The Bertz CT molecular complexity index is 866. The normalized spacial score (nSPS) is 14.0. The van der Waals surface area contributed by atoms with E-state index in [1.54, 1.807) is 53.4 Å². The van der Waals surface area contributed by atoms with Crippen LogP contribution in [0.5, 0.6) is 0 Å². The SMILES string of the molecule is COCC(=O)N1CCCc2cc(NS(=O)(=O)c3ccccc3)ccc21. The first-order valence-corrected chi connectivity index (χ1v) is 9.50. The van der Waals surface area contributed by atoms with Crippen molar-refractivity contribution in [3.05, 3.63) is 54.1 Å². The van der Waals surface area contributed by atoms with Crippen LogP contribution >= 0.6 is 0 Å². The average molecular weight is 360 g/mol. The Balaban J connectivity index is 1.85. The highest BCUT2D eigenvalue weighted by Gasteiger charge is 2.23. The Morgan fingerprint density at radius 1 is 1.20 bits per heavy atom. The van der Waals surface area contributed by atoms with Gasteiger partial charge in [-0.25, -0.2) is 8.42 Å². The molecule has 3 rings (SSSR count). The van der Waals surface area contributed by atoms with Gasteiger partial charge in [-0.1, -0.05) is 18.2 Å². The van der Waals surface area contributed by atoms with Crippen molar-refractivity contribution < 1.29 is 17.9 Å². The van der Waals surface area contributed by atoms with Crippen LogP contribution in [0, 0.1) is 0 Å². The predicted molar refractivity (Wildman–Crippen MR) is 96.2 cm³/mol. The van der Waals surface area contributed by atoms with Gasteiger partial charge in [-0.2, -0.15) is 0 Å². The molecule has 0 unspecified atom stereocenters. The highest BCUT2D eigenvalue weighted by molar-refractivity contribution is 7.92. The summed E-state index contributed by atoms with van der Waals surface area (Å²) in [6, 6.07) is 13.5. The maximum absolute atomic E-state index is 12.4. The molecule has 0 fully saturated rings. The van der Waals surface area contributed by atoms with Crippen molar-refractivity contribution in [1.29, 1.82) is 0 Å². The molecule has 132 valence electrons. The van der Waals surface area contributed by atoms with Crippen molar-refractivity contribution in [3.8, 4) is 0 Å². The number of methoxy groups -OCH3 is 1. The fourth-order valence-corrected chi connectivity index (χ4v) is 4.01. The van der Waals surface area contributed by atoms with Gasteiger partial charge in [0.15, 0.2) is 0 Å². The summed E-state index contributed by atoms with van der Waals surface area (Å²) < 4.78 is 32.4. The summed E-state index contributed by atoms with van der Waals surface area (Å²) in [5, 5.41) is 0. The van der Waals surface area contributed by atoms with Gasteiger partial charge >= 0.3 is 0 Å². The summed E-state index contributed by atoms with van der Waals surface area (Å²) in [6.07, 6.45) is 1.63. The van der Waals surface area contributed by atoms with Gasteiger partial charge in [-0.3, -0.25) is 9.52 Å². The van der Waals surface area contributed by atoms with E-state index in [-0.39, 0.29) is 17.4 Å². The summed E-state index contributed by atoms with van der Waals surface area (Å²) in [7, 11) is -2.14. The number of fused-ring (bicyclic) bond motifs is 1. The molecule has 2 aromatic carbocycles. The lowest BCUT2D eigenvalue weighted by atomic mass is 10.0. The van der Waals surface area contributed by atoms with Crippen molar-refractivity contribution in [2.45, 2.75) is 17.7 Å². The van der Waals surface area contributed by atoms with Gasteiger partial charge in [0.05, 0.1) is 4.90 Å². The molecule has 2 aromatic rings. The predicted octanol–water partition coefficient (Wildman–Crippen LogP) is 2.41.